The molecule has 0 atom stereocenters. The maximum absolute atomic E-state index is 13.0. The molecule has 0 unspecified atom stereocenters. The van der Waals surface area contributed by atoms with Crippen LogP contribution in [-0.2, 0) is 0 Å². The van der Waals surface area contributed by atoms with Crippen LogP contribution in [0.25, 0.3) is 0 Å². The van der Waals surface area contributed by atoms with Crippen molar-refractivity contribution in [1.82, 2.24) is 0 Å². The molecule has 1 saturated carbocycles. The number of anilines is 1. The van der Waals surface area contributed by atoms with E-state index in [4.69, 9.17) is 5.26 Å². The van der Waals surface area contributed by atoms with Gasteiger partial charge in [-0.3, -0.25) is 0 Å². The van der Waals surface area contributed by atoms with Crippen molar-refractivity contribution >= 4 is 17.4 Å². The molecule has 1 aliphatic carbocycles. The highest BCUT2D eigenvalue weighted by molar-refractivity contribution is 8.00. The van der Waals surface area contributed by atoms with Gasteiger partial charge in [-0.15, -0.1) is 0 Å². The van der Waals surface area contributed by atoms with Crippen molar-refractivity contribution < 1.29 is 4.39 Å². The van der Waals surface area contributed by atoms with Crippen LogP contribution in [0.4, 0.5) is 10.1 Å². The van der Waals surface area contributed by atoms with E-state index in [1.54, 1.807) is 6.07 Å². The van der Waals surface area contributed by atoms with Crippen molar-refractivity contribution in [1.29, 1.82) is 5.26 Å². The van der Waals surface area contributed by atoms with Crippen molar-refractivity contribution in [2.24, 2.45) is 0 Å². The van der Waals surface area contributed by atoms with Gasteiger partial charge in [0, 0.05) is 11.3 Å². The summed E-state index contributed by atoms with van der Waals surface area (Å²) in [6.45, 7) is 0.842. The third kappa shape index (κ3) is 2.55. The highest BCUT2D eigenvalue weighted by Crippen LogP contribution is 2.42. The van der Waals surface area contributed by atoms with Crippen LogP contribution in [0.15, 0.2) is 18.2 Å². The Hall–Kier alpha value is -1.21. The molecular formula is C13H15FN2S. The largest absolute Gasteiger partial charge is 0.383 e. The third-order valence-electron chi connectivity index (χ3n) is 3.40. The molecule has 0 heterocycles. The summed E-state index contributed by atoms with van der Waals surface area (Å²) in [6.07, 6.45) is 5.82. The summed E-state index contributed by atoms with van der Waals surface area (Å²) in [7, 11) is 0. The monoisotopic (exact) mass is 250 g/mol. The zero-order chi connectivity index (χ0) is 12.3. The summed E-state index contributed by atoms with van der Waals surface area (Å²) in [4.78, 5) is 0. The third-order valence-corrected chi connectivity index (χ3v) is 4.82. The van der Waals surface area contributed by atoms with Crippen LogP contribution in [0.5, 0.6) is 0 Å². The van der Waals surface area contributed by atoms with Gasteiger partial charge in [-0.1, -0.05) is 6.42 Å². The number of nitrogens with zero attached hydrogens (tertiary/aromatic N) is 1. The van der Waals surface area contributed by atoms with Crippen LogP contribution < -0.4 is 5.32 Å². The molecular weight excluding hydrogens is 235 g/mol. The maximum atomic E-state index is 13.0. The lowest BCUT2D eigenvalue weighted by atomic mass is 9.84. The number of rotatable bonds is 4. The Kier molecular flexibility index (Phi) is 3.58. The van der Waals surface area contributed by atoms with Gasteiger partial charge in [0.2, 0.25) is 0 Å². The molecule has 0 bridgehead atoms. The van der Waals surface area contributed by atoms with E-state index in [9.17, 15) is 4.39 Å². The van der Waals surface area contributed by atoms with Crippen LogP contribution in [0.3, 0.4) is 0 Å². The average Bonchev–Trinajstić information content (AvgIpc) is 2.29. The van der Waals surface area contributed by atoms with E-state index in [1.165, 1.54) is 31.4 Å². The first-order valence-corrected chi connectivity index (χ1v) is 6.90. The number of hydrogen-bond acceptors (Lipinski definition) is 3. The van der Waals surface area contributed by atoms with E-state index >= 15 is 0 Å². The summed E-state index contributed by atoms with van der Waals surface area (Å²) in [5.41, 5.74) is 1.11. The Bertz CT molecular complexity index is 444. The molecule has 1 aromatic rings. The number of hydrogen-bond donors (Lipinski definition) is 1. The molecule has 2 rings (SSSR count). The number of halogens is 1. The minimum atomic E-state index is -0.365. The number of nitrogens with one attached hydrogen (secondary N) is 1. The molecule has 17 heavy (non-hydrogen) atoms. The quantitative estimate of drug-likeness (QED) is 0.889. The molecule has 0 saturated heterocycles. The Morgan fingerprint density at radius 3 is 2.82 bits per heavy atom. The predicted octanol–water partition coefficient (Wildman–Crippen LogP) is 3.39. The summed E-state index contributed by atoms with van der Waals surface area (Å²) in [5, 5.41) is 12.2. The topological polar surface area (TPSA) is 35.8 Å². The molecule has 2 nitrogen and oxygen atoms in total. The van der Waals surface area contributed by atoms with Crippen molar-refractivity contribution in [3.05, 3.63) is 29.6 Å². The lowest BCUT2D eigenvalue weighted by Gasteiger charge is -2.40. The normalized spacial score (nSPS) is 17.0. The summed E-state index contributed by atoms with van der Waals surface area (Å²) in [5.74, 6) is -0.365. The molecule has 1 aromatic carbocycles. The van der Waals surface area contributed by atoms with Gasteiger partial charge in [-0.05, 0) is 37.3 Å². The average molecular weight is 250 g/mol. The van der Waals surface area contributed by atoms with Crippen molar-refractivity contribution in [3.63, 3.8) is 0 Å². The van der Waals surface area contributed by atoms with Gasteiger partial charge in [0.05, 0.1) is 11.3 Å². The minimum absolute atomic E-state index is 0.307. The Morgan fingerprint density at radius 2 is 2.29 bits per heavy atom. The molecule has 0 spiro atoms. The lowest BCUT2D eigenvalue weighted by molar-refractivity contribution is 0.380. The van der Waals surface area contributed by atoms with Crippen molar-refractivity contribution in [2.45, 2.75) is 24.0 Å². The van der Waals surface area contributed by atoms with E-state index in [0.29, 0.717) is 10.3 Å². The zero-order valence-electron chi connectivity index (χ0n) is 9.79. The van der Waals surface area contributed by atoms with E-state index in [2.05, 4.69) is 11.6 Å². The first-order chi connectivity index (χ1) is 8.19. The summed E-state index contributed by atoms with van der Waals surface area (Å²) < 4.78 is 13.3. The first-order valence-electron chi connectivity index (χ1n) is 5.68. The van der Waals surface area contributed by atoms with E-state index < -0.39 is 0 Å². The zero-order valence-corrected chi connectivity index (χ0v) is 10.6. The van der Waals surface area contributed by atoms with Crippen LogP contribution in [-0.4, -0.2) is 17.5 Å². The standard InChI is InChI=1S/C13H15FN2S/c1-17-13(5-2-6-13)9-16-12-4-3-11(14)7-10(12)8-15/h3-4,7,16H,2,5-6,9H2,1H3. The van der Waals surface area contributed by atoms with Crippen LogP contribution >= 0.6 is 11.8 Å². The van der Waals surface area contributed by atoms with Gasteiger partial charge < -0.3 is 5.32 Å². The summed E-state index contributed by atoms with van der Waals surface area (Å²) in [6, 6.07) is 6.31. The second-order valence-electron chi connectivity index (χ2n) is 4.40. The molecule has 90 valence electrons. The molecule has 4 heteroatoms. The molecule has 1 aliphatic rings. The van der Waals surface area contributed by atoms with Gasteiger partial charge >= 0.3 is 0 Å². The van der Waals surface area contributed by atoms with Crippen LogP contribution in [0, 0.1) is 17.1 Å². The van der Waals surface area contributed by atoms with Gasteiger partial charge in [0.1, 0.15) is 11.9 Å². The smallest absolute Gasteiger partial charge is 0.124 e. The minimum Gasteiger partial charge on any atom is -0.383 e. The van der Waals surface area contributed by atoms with Crippen molar-refractivity contribution in [2.75, 3.05) is 18.1 Å². The number of benzene rings is 1. The highest BCUT2D eigenvalue weighted by Gasteiger charge is 2.35. The lowest BCUT2D eigenvalue weighted by Crippen LogP contribution is -2.40. The fourth-order valence-corrected chi connectivity index (χ4v) is 2.96. The molecule has 0 aliphatic heterocycles. The molecule has 1 fully saturated rings. The SMILES string of the molecule is CSC1(CNc2ccc(F)cc2C#N)CCC1. The number of thioether (sulfide) groups is 1. The second kappa shape index (κ2) is 4.97. The van der Waals surface area contributed by atoms with Crippen LogP contribution in [0.1, 0.15) is 24.8 Å². The van der Waals surface area contributed by atoms with E-state index in [0.717, 1.165) is 12.2 Å². The van der Waals surface area contributed by atoms with Crippen LogP contribution in [0.2, 0.25) is 0 Å². The number of nitriles is 1. The fraction of sp³-hybridized carbons (Fsp3) is 0.462. The van der Waals surface area contributed by atoms with Gasteiger partial charge in [0.25, 0.3) is 0 Å². The van der Waals surface area contributed by atoms with Gasteiger partial charge in [-0.25, -0.2) is 4.39 Å². The van der Waals surface area contributed by atoms with E-state index in [1.807, 2.05) is 17.8 Å². The Labute approximate surface area is 105 Å². The first kappa shape index (κ1) is 12.3. The van der Waals surface area contributed by atoms with Gasteiger partial charge in [0.15, 0.2) is 0 Å². The fourth-order valence-electron chi connectivity index (χ4n) is 2.04. The summed E-state index contributed by atoms with van der Waals surface area (Å²) >= 11 is 1.88. The molecule has 0 aromatic heterocycles. The Morgan fingerprint density at radius 1 is 1.53 bits per heavy atom. The molecule has 0 amide bonds. The van der Waals surface area contributed by atoms with E-state index in [-0.39, 0.29) is 5.82 Å². The van der Waals surface area contributed by atoms with Crippen molar-refractivity contribution in [3.8, 4) is 6.07 Å². The highest BCUT2D eigenvalue weighted by atomic mass is 32.2. The second-order valence-corrected chi connectivity index (χ2v) is 5.67. The molecule has 1 N–H and O–H groups in total. The van der Waals surface area contributed by atoms with Gasteiger partial charge in [-0.2, -0.15) is 17.0 Å². The maximum Gasteiger partial charge on any atom is 0.124 e. The predicted molar refractivity (Wildman–Crippen MR) is 69.7 cm³/mol. The Balaban J connectivity index is 2.06. The molecule has 0 radical (unpaired) electrons.